The van der Waals surface area contributed by atoms with Gasteiger partial charge in [0.2, 0.25) is 0 Å². The van der Waals surface area contributed by atoms with Gasteiger partial charge in [0.15, 0.2) is 6.29 Å². The SMILES string of the molecule is COC1C[C@@H](OC)[C@H](O)[C@@H](C)O1. The number of hydrogen-bond donors (Lipinski definition) is 1. The van der Waals surface area contributed by atoms with Gasteiger partial charge in [-0.1, -0.05) is 0 Å². The minimum atomic E-state index is -0.554. The highest BCUT2D eigenvalue weighted by atomic mass is 16.7. The number of aliphatic hydroxyl groups excluding tert-OH is 1. The van der Waals surface area contributed by atoms with Gasteiger partial charge in [-0.05, 0) is 6.92 Å². The molecule has 1 aliphatic heterocycles. The first-order chi connectivity index (χ1) is 5.69. The van der Waals surface area contributed by atoms with Crippen LogP contribution in [0.1, 0.15) is 13.3 Å². The lowest BCUT2D eigenvalue weighted by molar-refractivity contribution is -0.241. The zero-order valence-corrected chi connectivity index (χ0v) is 7.69. The summed E-state index contributed by atoms with van der Waals surface area (Å²) in [5, 5.41) is 9.55. The fraction of sp³-hybridized carbons (Fsp3) is 1.00. The highest BCUT2D eigenvalue weighted by Crippen LogP contribution is 2.22. The van der Waals surface area contributed by atoms with Crippen LogP contribution in [0, 0.1) is 0 Å². The standard InChI is InChI=1S/C8H16O4/c1-5-8(9)6(10-2)4-7(11-3)12-5/h5-9H,4H2,1-3H3/t5-,6-,7?,8-/m1/s1. The van der Waals surface area contributed by atoms with E-state index in [1.807, 2.05) is 6.92 Å². The summed E-state index contributed by atoms with van der Waals surface area (Å²) >= 11 is 0. The van der Waals surface area contributed by atoms with Crippen molar-refractivity contribution in [3.63, 3.8) is 0 Å². The Morgan fingerprint density at radius 2 is 2.00 bits per heavy atom. The molecule has 0 aromatic rings. The molecule has 0 saturated carbocycles. The number of aliphatic hydroxyl groups is 1. The minimum absolute atomic E-state index is 0.182. The predicted molar refractivity (Wildman–Crippen MR) is 42.8 cm³/mol. The molecule has 1 heterocycles. The molecule has 1 aliphatic rings. The van der Waals surface area contributed by atoms with Gasteiger partial charge in [0, 0.05) is 20.6 Å². The van der Waals surface area contributed by atoms with Crippen LogP contribution in [0.25, 0.3) is 0 Å². The Labute approximate surface area is 72.4 Å². The Morgan fingerprint density at radius 3 is 2.50 bits per heavy atom. The average Bonchev–Trinajstić information content (AvgIpc) is 2.09. The van der Waals surface area contributed by atoms with Crippen LogP contribution in [-0.2, 0) is 14.2 Å². The van der Waals surface area contributed by atoms with E-state index < -0.39 is 6.10 Å². The molecule has 1 rings (SSSR count). The van der Waals surface area contributed by atoms with Gasteiger partial charge in [0.25, 0.3) is 0 Å². The van der Waals surface area contributed by atoms with E-state index in [1.54, 1.807) is 14.2 Å². The van der Waals surface area contributed by atoms with Crippen molar-refractivity contribution in [3.05, 3.63) is 0 Å². The van der Waals surface area contributed by atoms with Gasteiger partial charge in [-0.3, -0.25) is 0 Å². The Hall–Kier alpha value is -0.160. The second-order valence-electron chi connectivity index (χ2n) is 3.01. The third-order valence-electron chi connectivity index (χ3n) is 2.22. The first-order valence-electron chi connectivity index (χ1n) is 4.08. The number of ether oxygens (including phenoxy) is 3. The van der Waals surface area contributed by atoms with Crippen molar-refractivity contribution in [2.45, 2.75) is 37.9 Å². The molecule has 12 heavy (non-hydrogen) atoms. The van der Waals surface area contributed by atoms with Gasteiger partial charge in [-0.2, -0.15) is 0 Å². The van der Waals surface area contributed by atoms with Crippen LogP contribution >= 0.6 is 0 Å². The molecule has 0 radical (unpaired) electrons. The quantitative estimate of drug-likeness (QED) is 0.650. The molecular formula is C8H16O4. The van der Waals surface area contributed by atoms with Crippen molar-refractivity contribution in [2.24, 2.45) is 0 Å². The second-order valence-corrected chi connectivity index (χ2v) is 3.01. The van der Waals surface area contributed by atoms with Gasteiger partial charge in [0.05, 0.1) is 12.2 Å². The van der Waals surface area contributed by atoms with Crippen molar-refractivity contribution in [2.75, 3.05) is 14.2 Å². The van der Waals surface area contributed by atoms with E-state index in [2.05, 4.69) is 0 Å². The smallest absolute Gasteiger partial charge is 0.160 e. The monoisotopic (exact) mass is 176 g/mol. The molecule has 1 fully saturated rings. The van der Waals surface area contributed by atoms with Crippen LogP contribution in [0.4, 0.5) is 0 Å². The zero-order valence-electron chi connectivity index (χ0n) is 7.69. The minimum Gasteiger partial charge on any atom is -0.388 e. The summed E-state index contributed by atoms with van der Waals surface area (Å²) in [7, 11) is 3.17. The highest BCUT2D eigenvalue weighted by molar-refractivity contribution is 4.80. The maximum atomic E-state index is 9.55. The summed E-state index contributed by atoms with van der Waals surface area (Å²) in [6.45, 7) is 1.81. The molecule has 0 amide bonds. The summed E-state index contributed by atoms with van der Waals surface area (Å²) in [6.07, 6.45) is -0.638. The van der Waals surface area contributed by atoms with E-state index >= 15 is 0 Å². The van der Waals surface area contributed by atoms with E-state index in [0.29, 0.717) is 6.42 Å². The summed E-state index contributed by atoms with van der Waals surface area (Å²) in [5.41, 5.74) is 0. The van der Waals surface area contributed by atoms with E-state index in [9.17, 15) is 5.11 Å². The van der Waals surface area contributed by atoms with Crippen molar-refractivity contribution >= 4 is 0 Å². The molecule has 1 N–H and O–H groups in total. The van der Waals surface area contributed by atoms with Gasteiger partial charge in [0.1, 0.15) is 6.10 Å². The first-order valence-corrected chi connectivity index (χ1v) is 4.08. The summed E-state index contributed by atoms with van der Waals surface area (Å²) in [4.78, 5) is 0. The van der Waals surface area contributed by atoms with Crippen LogP contribution in [0.15, 0.2) is 0 Å². The lowest BCUT2D eigenvalue weighted by Gasteiger charge is -2.36. The van der Waals surface area contributed by atoms with Gasteiger partial charge >= 0.3 is 0 Å². The Kier molecular flexibility index (Phi) is 3.46. The zero-order chi connectivity index (χ0) is 9.14. The van der Waals surface area contributed by atoms with Crippen molar-refractivity contribution < 1.29 is 19.3 Å². The van der Waals surface area contributed by atoms with Crippen LogP contribution < -0.4 is 0 Å². The van der Waals surface area contributed by atoms with Gasteiger partial charge in [-0.15, -0.1) is 0 Å². The average molecular weight is 176 g/mol. The lowest BCUT2D eigenvalue weighted by Crippen LogP contribution is -2.48. The Morgan fingerprint density at radius 1 is 1.33 bits per heavy atom. The molecule has 0 aromatic carbocycles. The molecule has 0 aliphatic carbocycles. The number of rotatable bonds is 2. The fourth-order valence-corrected chi connectivity index (χ4v) is 1.39. The lowest BCUT2D eigenvalue weighted by atomic mass is 10.0. The molecule has 1 saturated heterocycles. The summed E-state index contributed by atoms with van der Waals surface area (Å²) < 4.78 is 15.5. The molecular weight excluding hydrogens is 160 g/mol. The topological polar surface area (TPSA) is 47.9 Å². The summed E-state index contributed by atoms with van der Waals surface area (Å²) in [6, 6.07) is 0. The van der Waals surface area contributed by atoms with Crippen molar-refractivity contribution in [3.8, 4) is 0 Å². The maximum absolute atomic E-state index is 9.55. The molecule has 4 heteroatoms. The first kappa shape index (κ1) is 9.92. The van der Waals surface area contributed by atoms with Crippen LogP contribution in [0.5, 0.6) is 0 Å². The molecule has 4 nitrogen and oxygen atoms in total. The largest absolute Gasteiger partial charge is 0.388 e. The van der Waals surface area contributed by atoms with Gasteiger partial charge in [-0.25, -0.2) is 0 Å². The fourth-order valence-electron chi connectivity index (χ4n) is 1.39. The Balaban J connectivity index is 2.52. The normalized spacial score (nSPS) is 43.0. The third-order valence-corrected chi connectivity index (χ3v) is 2.22. The third kappa shape index (κ3) is 1.95. The molecule has 0 spiro atoms. The van der Waals surface area contributed by atoms with Gasteiger partial charge < -0.3 is 19.3 Å². The van der Waals surface area contributed by atoms with E-state index in [-0.39, 0.29) is 18.5 Å². The van der Waals surface area contributed by atoms with Crippen LogP contribution in [0.3, 0.4) is 0 Å². The molecule has 0 aromatic heterocycles. The second kappa shape index (κ2) is 4.18. The van der Waals surface area contributed by atoms with E-state index in [1.165, 1.54) is 0 Å². The predicted octanol–water partition coefficient (Wildman–Crippen LogP) is 0.144. The van der Waals surface area contributed by atoms with Crippen molar-refractivity contribution in [1.82, 2.24) is 0 Å². The summed E-state index contributed by atoms with van der Waals surface area (Å²) in [5.74, 6) is 0. The number of hydrogen-bond acceptors (Lipinski definition) is 4. The van der Waals surface area contributed by atoms with Crippen LogP contribution in [-0.4, -0.2) is 43.9 Å². The van der Waals surface area contributed by atoms with Crippen LogP contribution in [0.2, 0.25) is 0 Å². The van der Waals surface area contributed by atoms with E-state index in [0.717, 1.165) is 0 Å². The maximum Gasteiger partial charge on any atom is 0.160 e. The molecule has 1 unspecified atom stereocenters. The Bertz CT molecular complexity index is 139. The molecule has 72 valence electrons. The van der Waals surface area contributed by atoms with Crippen molar-refractivity contribution in [1.29, 1.82) is 0 Å². The van der Waals surface area contributed by atoms with E-state index in [4.69, 9.17) is 14.2 Å². The molecule has 0 bridgehead atoms. The molecule has 4 atom stereocenters. The highest BCUT2D eigenvalue weighted by Gasteiger charge is 2.35. The number of methoxy groups -OCH3 is 2.